The molecule has 1 amide bonds. The summed E-state index contributed by atoms with van der Waals surface area (Å²) in [6.07, 6.45) is 4.60. The smallest absolute Gasteiger partial charge is 0.277 e. The van der Waals surface area contributed by atoms with Crippen LogP contribution in [0.4, 0.5) is 5.69 Å². The van der Waals surface area contributed by atoms with E-state index in [9.17, 15) is 14.9 Å². The van der Waals surface area contributed by atoms with Gasteiger partial charge in [0.15, 0.2) is 6.61 Å². The fourth-order valence-corrected chi connectivity index (χ4v) is 2.19. The van der Waals surface area contributed by atoms with Gasteiger partial charge in [-0.3, -0.25) is 14.9 Å². The summed E-state index contributed by atoms with van der Waals surface area (Å²) in [6.45, 7) is 3.76. The van der Waals surface area contributed by atoms with Gasteiger partial charge >= 0.3 is 0 Å². The van der Waals surface area contributed by atoms with Crippen LogP contribution in [0.2, 0.25) is 0 Å². The number of ether oxygens (including phenoxy) is 1. The monoisotopic (exact) mass is 353 g/mol. The number of carbonyl (C=O) groups is 1. The third kappa shape index (κ3) is 5.86. The molecule has 2 aromatic carbocycles. The number of rotatable bonds is 7. The Hall–Kier alpha value is -3.48. The number of nitro groups is 1. The number of nitro benzene ring substituents is 1. The molecule has 0 aliphatic heterocycles. The van der Waals surface area contributed by atoms with Crippen molar-refractivity contribution >= 4 is 23.9 Å². The predicted octanol–water partition coefficient (Wildman–Crippen LogP) is 3.41. The second-order valence-corrected chi connectivity index (χ2v) is 5.58. The number of nitrogens with zero attached hydrogens (tertiary/aromatic N) is 2. The van der Waals surface area contributed by atoms with Crippen molar-refractivity contribution in [1.29, 1.82) is 0 Å². The number of nitrogens with one attached hydrogen (secondary N) is 1. The third-order valence-electron chi connectivity index (χ3n) is 3.41. The van der Waals surface area contributed by atoms with Gasteiger partial charge < -0.3 is 4.74 Å². The van der Waals surface area contributed by atoms with Crippen LogP contribution < -0.4 is 10.2 Å². The number of aryl methyl sites for hydroxylation is 2. The van der Waals surface area contributed by atoms with Gasteiger partial charge in [-0.2, -0.15) is 5.10 Å². The summed E-state index contributed by atoms with van der Waals surface area (Å²) in [7, 11) is 0. The molecule has 0 aliphatic carbocycles. The van der Waals surface area contributed by atoms with Crippen molar-refractivity contribution in [2.75, 3.05) is 6.61 Å². The second kappa shape index (κ2) is 9.12. The first-order chi connectivity index (χ1) is 12.5. The number of hydrogen-bond donors (Lipinski definition) is 1. The number of hydrazone groups is 1. The molecule has 0 atom stereocenters. The zero-order valence-corrected chi connectivity index (χ0v) is 14.5. The molecule has 0 unspecified atom stereocenters. The molecule has 0 radical (unpaired) electrons. The number of allylic oxidation sites excluding steroid dienone is 1. The van der Waals surface area contributed by atoms with Crippen LogP contribution in [0.5, 0.6) is 5.75 Å². The second-order valence-electron chi connectivity index (χ2n) is 5.58. The van der Waals surface area contributed by atoms with E-state index in [-0.39, 0.29) is 18.2 Å². The quantitative estimate of drug-likeness (QED) is 0.469. The van der Waals surface area contributed by atoms with Crippen LogP contribution in [-0.4, -0.2) is 23.7 Å². The van der Waals surface area contributed by atoms with E-state index < -0.39 is 4.92 Å². The number of hydrogen-bond acceptors (Lipinski definition) is 5. The van der Waals surface area contributed by atoms with Crippen LogP contribution in [0, 0.1) is 24.0 Å². The number of benzene rings is 2. The lowest BCUT2D eigenvalue weighted by Crippen LogP contribution is -2.24. The van der Waals surface area contributed by atoms with E-state index in [1.54, 1.807) is 24.3 Å². The predicted molar refractivity (Wildman–Crippen MR) is 100 cm³/mol. The first-order valence-corrected chi connectivity index (χ1v) is 7.89. The van der Waals surface area contributed by atoms with Crippen LogP contribution in [0.1, 0.15) is 16.7 Å². The number of non-ortho nitro benzene ring substituents is 1. The van der Waals surface area contributed by atoms with Gasteiger partial charge in [-0.05, 0) is 37.1 Å². The first-order valence-electron chi connectivity index (χ1n) is 7.89. The molecule has 0 aliphatic rings. The minimum absolute atomic E-state index is 0.0148. The highest BCUT2D eigenvalue weighted by Gasteiger charge is 2.04. The van der Waals surface area contributed by atoms with Crippen molar-refractivity contribution in [2.24, 2.45) is 5.10 Å². The lowest BCUT2D eigenvalue weighted by atomic mass is 10.1. The minimum Gasteiger partial charge on any atom is -0.483 e. The Balaban J connectivity index is 1.79. The summed E-state index contributed by atoms with van der Waals surface area (Å²) in [4.78, 5) is 21.9. The van der Waals surface area contributed by atoms with Gasteiger partial charge in [0.1, 0.15) is 5.75 Å². The lowest BCUT2D eigenvalue weighted by molar-refractivity contribution is -0.384. The zero-order valence-electron chi connectivity index (χ0n) is 14.5. The van der Waals surface area contributed by atoms with Crippen molar-refractivity contribution in [3.63, 3.8) is 0 Å². The summed E-state index contributed by atoms with van der Waals surface area (Å²) in [5.74, 6) is 0.269. The van der Waals surface area contributed by atoms with Gasteiger partial charge in [-0.1, -0.05) is 35.9 Å². The summed E-state index contributed by atoms with van der Waals surface area (Å²) in [6, 6.07) is 11.9. The SMILES string of the molecule is Cc1ccc(OCC(=O)N/N=C\C=C\c2cccc([N+](=O)[O-])c2)c(C)c1. The maximum atomic E-state index is 11.7. The molecule has 2 rings (SSSR count). The molecule has 7 nitrogen and oxygen atoms in total. The van der Waals surface area contributed by atoms with Gasteiger partial charge in [0.2, 0.25) is 0 Å². The van der Waals surface area contributed by atoms with Gasteiger partial charge in [0.25, 0.3) is 11.6 Å². The molecule has 7 heteroatoms. The molecule has 0 saturated carbocycles. The Labute approximate surface area is 151 Å². The molecular weight excluding hydrogens is 334 g/mol. The summed E-state index contributed by atoms with van der Waals surface area (Å²) >= 11 is 0. The highest BCUT2D eigenvalue weighted by Crippen LogP contribution is 2.18. The zero-order chi connectivity index (χ0) is 18.9. The van der Waals surface area contributed by atoms with Gasteiger partial charge in [0, 0.05) is 18.3 Å². The molecular formula is C19H19N3O4. The molecule has 134 valence electrons. The van der Waals surface area contributed by atoms with E-state index in [0.29, 0.717) is 11.3 Å². The Morgan fingerprint density at radius 2 is 2.08 bits per heavy atom. The van der Waals surface area contributed by atoms with Gasteiger partial charge in [-0.25, -0.2) is 5.43 Å². The van der Waals surface area contributed by atoms with Crippen LogP contribution >= 0.6 is 0 Å². The standard InChI is InChI=1S/C19H19N3O4/c1-14-8-9-18(15(2)11-14)26-13-19(23)21-20-10-4-6-16-5-3-7-17(12-16)22(24)25/h3-12H,13H2,1-2H3,(H,21,23)/b6-4+,20-10-. The van der Waals surface area contributed by atoms with E-state index in [0.717, 1.165) is 11.1 Å². The van der Waals surface area contributed by atoms with E-state index in [4.69, 9.17) is 4.74 Å². The van der Waals surface area contributed by atoms with Crippen molar-refractivity contribution in [2.45, 2.75) is 13.8 Å². The largest absolute Gasteiger partial charge is 0.483 e. The fraction of sp³-hybridized carbons (Fsp3) is 0.158. The van der Waals surface area contributed by atoms with Gasteiger partial charge in [-0.15, -0.1) is 0 Å². The van der Waals surface area contributed by atoms with Crippen molar-refractivity contribution in [3.05, 3.63) is 75.3 Å². The highest BCUT2D eigenvalue weighted by molar-refractivity contribution is 5.82. The first kappa shape index (κ1) is 18.9. The minimum atomic E-state index is -0.457. The summed E-state index contributed by atoms with van der Waals surface area (Å²) in [5, 5.41) is 14.5. The van der Waals surface area contributed by atoms with Crippen molar-refractivity contribution < 1.29 is 14.5 Å². The summed E-state index contributed by atoms with van der Waals surface area (Å²) < 4.78 is 5.45. The van der Waals surface area contributed by atoms with E-state index in [2.05, 4.69) is 10.5 Å². The molecule has 0 saturated heterocycles. The average Bonchev–Trinajstić information content (AvgIpc) is 2.61. The Kier molecular flexibility index (Phi) is 6.61. The average molecular weight is 353 g/mol. The van der Waals surface area contributed by atoms with Gasteiger partial charge in [0.05, 0.1) is 4.92 Å². The van der Waals surface area contributed by atoms with Crippen molar-refractivity contribution in [3.8, 4) is 5.75 Å². The molecule has 0 heterocycles. The topological polar surface area (TPSA) is 93.8 Å². The van der Waals surface area contributed by atoms with Crippen molar-refractivity contribution in [1.82, 2.24) is 5.43 Å². The Morgan fingerprint density at radius 1 is 1.27 bits per heavy atom. The van der Waals surface area contributed by atoms with Crippen LogP contribution in [0.3, 0.4) is 0 Å². The highest BCUT2D eigenvalue weighted by atomic mass is 16.6. The summed E-state index contributed by atoms with van der Waals surface area (Å²) in [5.41, 5.74) is 5.11. The van der Waals surface area contributed by atoms with Crippen LogP contribution in [0.25, 0.3) is 6.08 Å². The molecule has 1 N–H and O–H groups in total. The fourth-order valence-electron chi connectivity index (χ4n) is 2.19. The Morgan fingerprint density at radius 3 is 2.81 bits per heavy atom. The molecule has 0 bridgehead atoms. The lowest BCUT2D eigenvalue weighted by Gasteiger charge is -2.08. The van der Waals surface area contributed by atoms with E-state index in [1.807, 2.05) is 32.0 Å². The van der Waals surface area contributed by atoms with Crippen LogP contribution in [0.15, 0.2) is 53.6 Å². The third-order valence-corrected chi connectivity index (χ3v) is 3.41. The molecule has 0 aromatic heterocycles. The molecule has 0 spiro atoms. The maximum absolute atomic E-state index is 11.7. The normalized spacial score (nSPS) is 11.0. The Bertz CT molecular complexity index is 860. The van der Waals surface area contributed by atoms with E-state index >= 15 is 0 Å². The molecule has 2 aromatic rings. The molecule has 0 fully saturated rings. The number of amides is 1. The maximum Gasteiger partial charge on any atom is 0.277 e. The molecule has 26 heavy (non-hydrogen) atoms. The van der Waals surface area contributed by atoms with E-state index in [1.165, 1.54) is 18.3 Å². The van der Waals surface area contributed by atoms with Crippen LogP contribution in [-0.2, 0) is 4.79 Å². The number of carbonyl (C=O) groups excluding carboxylic acids is 1.